The van der Waals surface area contributed by atoms with Crippen molar-refractivity contribution in [3.05, 3.63) is 52.0 Å². The van der Waals surface area contributed by atoms with E-state index in [1.165, 1.54) is 25.3 Å². The van der Waals surface area contributed by atoms with Crippen molar-refractivity contribution in [3.8, 4) is 11.5 Å². The van der Waals surface area contributed by atoms with Crippen molar-refractivity contribution in [3.63, 3.8) is 0 Å². The number of hydrogen-bond acceptors (Lipinski definition) is 3. The van der Waals surface area contributed by atoms with E-state index >= 15 is 0 Å². The van der Waals surface area contributed by atoms with E-state index in [9.17, 15) is 23.1 Å². The molecule has 122 valence electrons. The molecular weight excluding hydrogens is 379 g/mol. The number of phenols is 1. The Morgan fingerprint density at radius 1 is 1.22 bits per heavy atom. The predicted molar refractivity (Wildman–Crippen MR) is 81.8 cm³/mol. The lowest BCUT2D eigenvalue weighted by molar-refractivity contribution is -0.137. The first-order chi connectivity index (χ1) is 10.7. The normalized spacial score (nSPS) is 11.2. The first-order valence-corrected chi connectivity index (χ1v) is 7.07. The molecular formula is C15H11BrF3NO3. The lowest BCUT2D eigenvalue weighted by Gasteiger charge is -2.14. The number of carbonyl (C=O) groups is 1. The summed E-state index contributed by atoms with van der Waals surface area (Å²) in [5, 5.41) is 12.0. The Morgan fingerprint density at radius 2 is 1.91 bits per heavy atom. The first kappa shape index (κ1) is 17.1. The number of benzene rings is 2. The van der Waals surface area contributed by atoms with Crippen molar-refractivity contribution in [2.75, 3.05) is 12.4 Å². The lowest BCUT2D eigenvalue weighted by Crippen LogP contribution is -2.14. The molecule has 0 aliphatic rings. The van der Waals surface area contributed by atoms with Crippen LogP contribution in [0.2, 0.25) is 0 Å². The van der Waals surface area contributed by atoms with Gasteiger partial charge in [0, 0.05) is 4.47 Å². The third kappa shape index (κ3) is 3.95. The van der Waals surface area contributed by atoms with Gasteiger partial charge in [0.05, 0.1) is 23.9 Å². The Hall–Kier alpha value is -2.22. The molecule has 0 saturated carbocycles. The number of halogens is 4. The Morgan fingerprint density at radius 3 is 2.52 bits per heavy atom. The molecule has 4 nitrogen and oxygen atoms in total. The molecule has 2 rings (SSSR count). The number of hydrogen-bond donors (Lipinski definition) is 2. The minimum Gasteiger partial charge on any atom is -0.507 e. The number of amides is 1. The highest BCUT2D eigenvalue weighted by Crippen LogP contribution is 2.35. The molecule has 0 aliphatic heterocycles. The van der Waals surface area contributed by atoms with Gasteiger partial charge in [-0.2, -0.15) is 13.2 Å². The Kier molecular flexibility index (Phi) is 4.84. The molecule has 2 N–H and O–H groups in total. The number of rotatable bonds is 3. The van der Waals surface area contributed by atoms with Gasteiger partial charge in [0.25, 0.3) is 5.91 Å². The molecule has 0 spiro atoms. The van der Waals surface area contributed by atoms with Gasteiger partial charge < -0.3 is 15.2 Å². The smallest absolute Gasteiger partial charge is 0.416 e. The molecule has 0 atom stereocenters. The molecule has 0 heterocycles. The maximum atomic E-state index is 12.8. The van der Waals surface area contributed by atoms with Crippen LogP contribution >= 0.6 is 15.9 Å². The van der Waals surface area contributed by atoms with Crippen LogP contribution in [0.15, 0.2) is 40.9 Å². The van der Waals surface area contributed by atoms with Crippen LogP contribution in [0.3, 0.4) is 0 Å². The maximum Gasteiger partial charge on any atom is 0.416 e. The second-order valence-electron chi connectivity index (χ2n) is 4.53. The Bertz CT molecular complexity index is 747. The third-order valence-electron chi connectivity index (χ3n) is 2.98. The number of methoxy groups -OCH3 is 1. The molecule has 23 heavy (non-hydrogen) atoms. The summed E-state index contributed by atoms with van der Waals surface area (Å²) in [5.74, 6) is -0.987. The highest BCUT2D eigenvalue weighted by Gasteiger charge is 2.31. The largest absolute Gasteiger partial charge is 0.507 e. The van der Waals surface area contributed by atoms with Crippen molar-refractivity contribution < 1.29 is 27.8 Å². The predicted octanol–water partition coefficient (Wildman–Crippen LogP) is 4.43. The van der Waals surface area contributed by atoms with Gasteiger partial charge in [0.15, 0.2) is 0 Å². The van der Waals surface area contributed by atoms with E-state index in [1.807, 2.05) is 0 Å². The number of ether oxygens (including phenoxy) is 1. The molecule has 0 aliphatic carbocycles. The molecule has 2 aromatic rings. The van der Waals surface area contributed by atoms with Crippen LogP contribution in [0, 0.1) is 0 Å². The third-order valence-corrected chi connectivity index (χ3v) is 3.47. The number of phenolic OH excluding ortho intramolecular Hbond substituents is 1. The second kappa shape index (κ2) is 6.49. The molecule has 1 amide bonds. The summed E-state index contributed by atoms with van der Waals surface area (Å²) in [6.07, 6.45) is -4.55. The Balaban J connectivity index is 2.38. The average molecular weight is 390 g/mol. The fourth-order valence-electron chi connectivity index (χ4n) is 1.86. The van der Waals surface area contributed by atoms with E-state index in [1.54, 1.807) is 0 Å². The number of alkyl halides is 3. The quantitative estimate of drug-likeness (QED) is 0.815. The van der Waals surface area contributed by atoms with Crippen LogP contribution in [0.1, 0.15) is 15.9 Å². The van der Waals surface area contributed by atoms with Crippen LogP contribution < -0.4 is 10.1 Å². The fourth-order valence-corrected chi connectivity index (χ4v) is 2.22. The van der Waals surface area contributed by atoms with Gasteiger partial charge in [-0.15, -0.1) is 0 Å². The fraction of sp³-hybridized carbons (Fsp3) is 0.133. The van der Waals surface area contributed by atoms with Gasteiger partial charge in [0.1, 0.15) is 11.5 Å². The van der Waals surface area contributed by atoms with Gasteiger partial charge in [-0.3, -0.25) is 4.79 Å². The van der Waals surface area contributed by atoms with Crippen molar-refractivity contribution in [2.45, 2.75) is 6.18 Å². The molecule has 0 unspecified atom stereocenters. The summed E-state index contributed by atoms with van der Waals surface area (Å²) in [7, 11) is 1.27. The minimum atomic E-state index is -4.55. The highest BCUT2D eigenvalue weighted by atomic mass is 79.9. The van der Waals surface area contributed by atoms with Crippen LogP contribution in [0.4, 0.5) is 18.9 Å². The standard InChI is InChI=1S/C15H11BrF3NO3/c1-23-13-5-2-8(15(17,18)19)6-11(13)20-14(22)10-7-9(16)3-4-12(10)21/h2-7,21H,1H3,(H,20,22). The number of aromatic hydroxyl groups is 1. The summed E-state index contributed by atoms with van der Waals surface area (Å²) in [4.78, 5) is 12.2. The van der Waals surface area contributed by atoms with Crippen molar-refractivity contribution in [1.82, 2.24) is 0 Å². The monoisotopic (exact) mass is 389 g/mol. The topological polar surface area (TPSA) is 58.6 Å². The summed E-state index contributed by atoms with van der Waals surface area (Å²) in [6.45, 7) is 0. The Labute approximate surface area is 138 Å². The van der Waals surface area contributed by atoms with E-state index in [4.69, 9.17) is 4.74 Å². The zero-order valence-corrected chi connectivity index (χ0v) is 13.3. The van der Waals surface area contributed by atoms with Crippen molar-refractivity contribution in [1.29, 1.82) is 0 Å². The number of anilines is 1. The summed E-state index contributed by atoms with van der Waals surface area (Å²) in [5.41, 5.74) is -1.15. The van der Waals surface area contributed by atoms with E-state index < -0.39 is 17.6 Å². The molecule has 0 fully saturated rings. The van der Waals surface area contributed by atoms with Crippen LogP contribution in [0.5, 0.6) is 11.5 Å². The molecule has 0 aromatic heterocycles. The SMILES string of the molecule is COc1ccc(C(F)(F)F)cc1NC(=O)c1cc(Br)ccc1O. The second-order valence-corrected chi connectivity index (χ2v) is 5.44. The van der Waals surface area contributed by atoms with E-state index in [0.29, 0.717) is 4.47 Å². The van der Waals surface area contributed by atoms with E-state index in [2.05, 4.69) is 21.2 Å². The number of nitrogens with one attached hydrogen (secondary N) is 1. The summed E-state index contributed by atoms with van der Waals surface area (Å²) in [6, 6.07) is 6.90. The first-order valence-electron chi connectivity index (χ1n) is 6.27. The maximum absolute atomic E-state index is 12.8. The van der Waals surface area contributed by atoms with Crippen molar-refractivity contribution >= 4 is 27.5 Å². The van der Waals surface area contributed by atoms with Gasteiger partial charge in [-0.1, -0.05) is 15.9 Å². The number of carbonyl (C=O) groups excluding carboxylic acids is 1. The summed E-state index contributed by atoms with van der Waals surface area (Å²) >= 11 is 3.15. The zero-order chi connectivity index (χ0) is 17.2. The molecule has 2 aromatic carbocycles. The van der Waals surface area contributed by atoms with Gasteiger partial charge >= 0.3 is 6.18 Å². The van der Waals surface area contributed by atoms with E-state index in [-0.39, 0.29) is 22.7 Å². The lowest BCUT2D eigenvalue weighted by atomic mass is 10.1. The van der Waals surface area contributed by atoms with Crippen LogP contribution in [-0.2, 0) is 6.18 Å². The molecule has 0 bridgehead atoms. The van der Waals surface area contributed by atoms with Gasteiger partial charge in [0.2, 0.25) is 0 Å². The molecule has 0 radical (unpaired) electrons. The summed E-state index contributed by atoms with van der Waals surface area (Å²) < 4.78 is 43.8. The minimum absolute atomic E-state index is 0.0702. The van der Waals surface area contributed by atoms with Gasteiger partial charge in [-0.25, -0.2) is 0 Å². The van der Waals surface area contributed by atoms with Gasteiger partial charge in [-0.05, 0) is 36.4 Å². The van der Waals surface area contributed by atoms with Crippen LogP contribution in [0.25, 0.3) is 0 Å². The van der Waals surface area contributed by atoms with E-state index in [0.717, 1.165) is 18.2 Å². The van der Waals surface area contributed by atoms with Crippen molar-refractivity contribution in [2.24, 2.45) is 0 Å². The average Bonchev–Trinajstić information content (AvgIpc) is 2.48. The van der Waals surface area contributed by atoms with Crippen LogP contribution in [-0.4, -0.2) is 18.1 Å². The molecule has 8 heteroatoms. The molecule has 0 saturated heterocycles. The highest BCUT2D eigenvalue weighted by molar-refractivity contribution is 9.10. The zero-order valence-electron chi connectivity index (χ0n) is 11.7.